The van der Waals surface area contributed by atoms with Crippen LogP contribution >= 0.6 is 35.0 Å². The van der Waals surface area contributed by atoms with Gasteiger partial charge in [0.2, 0.25) is 0 Å². The van der Waals surface area contributed by atoms with Crippen LogP contribution in [0.2, 0.25) is 10.0 Å². The van der Waals surface area contributed by atoms with Crippen LogP contribution in [-0.4, -0.2) is 37.2 Å². The van der Waals surface area contributed by atoms with E-state index in [1.165, 1.54) is 17.8 Å². The molecule has 0 bridgehead atoms. The zero-order valence-corrected chi connectivity index (χ0v) is 18.4. The molecule has 0 saturated carbocycles. The van der Waals surface area contributed by atoms with Gasteiger partial charge >= 0.3 is 6.18 Å². The van der Waals surface area contributed by atoms with Crippen molar-refractivity contribution < 1.29 is 21.6 Å². The van der Waals surface area contributed by atoms with Gasteiger partial charge in [-0.05, 0) is 35.9 Å². The Balaban J connectivity index is 1.69. The van der Waals surface area contributed by atoms with Crippen molar-refractivity contribution in [2.45, 2.75) is 24.0 Å². The molecule has 2 aliphatic heterocycles. The van der Waals surface area contributed by atoms with Crippen molar-refractivity contribution in [3.63, 3.8) is 0 Å². The zero-order valence-electron chi connectivity index (χ0n) is 15.2. The Hall–Kier alpha value is -1.42. The minimum atomic E-state index is -4.55. The molecule has 4 nitrogen and oxygen atoms in total. The molecule has 2 heterocycles. The molecular weight excluding hydrogens is 480 g/mol. The Morgan fingerprint density at radius 2 is 1.80 bits per heavy atom. The van der Waals surface area contributed by atoms with Crippen molar-refractivity contribution in [1.29, 1.82) is 0 Å². The van der Waals surface area contributed by atoms with Crippen LogP contribution in [0.4, 0.5) is 18.9 Å². The van der Waals surface area contributed by atoms with Crippen molar-refractivity contribution in [2.24, 2.45) is 4.99 Å². The van der Waals surface area contributed by atoms with Crippen LogP contribution in [0.15, 0.2) is 47.5 Å². The van der Waals surface area contributed by atoms with Crippen LogP contribution in [0.3, 0.4) is 0 Å². The lowest BCUT2D eigenvalue weighted by Gasteiger charge is -2.28. The van der Waals surface area contributed by atoms with Gasteiger partial charge in [0, 0.05) is 10.8 Å². The summed E-state index contributed by atoms with van der Waals surface area (Å²) in [4.78, 5) is 6.08. The topological polar surface area (TPSA) is 49.7 Å². The van der Waals surface area contributed by atoms with E-state index in [-0.39, 0.29) is 22.2 Å². The summed E-state index contributed by atoms with van der Waals surface area (Å²) in [6, 6.07) is 9.11. The number of fused-ring (bicyclic) bond motifs is 1. The predicted octanol–water partition coefficient (Wildman–Crippen LogP) is 5.29. The van der Waals surface area contributed by atoms with Gasteiger partial charge in [-0.1, -0.05) is 47.1 Å². The first-order valence-electron chi connectivity index (χ1n) is 8.85. The van der Waals surface area contributed by atoms with E-state index in [1.54, 1.807) is 17.0 Å². The van der Waals surface area contributed by atoms with Gasteiger partial charge in [0.25, 0.3) is 0 Å². The summed E-state index contributed by atoms with van der Waals surface area (Å²) in [5.74, 6) is 0.184. The van der Waals surface area contributed by atoms with Crippen molar-refractivity contribution >= 4 is 55.7 Å². The van der Waals surface area contributed by atoms with E-state index in [4.69, 9.17) is 23.2 Å². The van der Waals surface area contributed by atoms with E-state index in [0.717, 1.165) is 17.7 Å². The number of halogens is 5. The van der Waals surface area contributed by atoms with Crippen molar-refractivity contribution in [3.05, 3.63) is 63.6 Å². The molecule has 0 N–H and O–H groups in total. The Morgan fingerprint density at radius 1 is 1.10 bits per heavy atom. The van der Waals surface area contributed by atoms with Crippen LogP contribution in [0.1, 0.15) is 11.1 Å². The highest BCUT2D eigenvalue weighted by Gasteiger charge is 2.48. The summed E-state index contributed by atoms with van der Waals surface area (Å²) in [5.41, 5.74) is 0.207. The minimum absolute atomic E-state index is 0.104. The predicted molar refractivity (Wildman–Crippen MR) is 115 cm³/mol. The first kappa shape index (κ1) is 21.8. The van der Waals surface area contributed by atoms with Crippen LogP contribution in [0.25, 0.3) is 0 Å². The van der Waals surface area contributed by atoms with E-state index in [9.17, 15) is 21.6 Å². The highest BCUT2D eigenvalue weighted by atomic mass is 35.5. The summed E-state index contributed by atoms with van der Waals surface area (Å²) in [6.07, 6.45) is -4.55. The Kier molecular flexibility index (Phi) is 5.76. The standard InChI is InChI=1S/C19H15Cl2F3N2O2S2/c20-13-4-1-11(2-5-13)8-29-18-25-15-9-30(27,28)10-17(15)26(18)16-7-12(19(22,23)24)3-6-14(16)21/h1-7,15,17H,8-10H2/t15-,17+/m0/s1. The normalized spacial score (nSPS) is 22.8. The summed E-state index contributed by atoms with van der Waals surface area (Å²) in [7, 11) is -3.33. The fourth-order valence-electron chi connectivity index (χ4n) is 3.52. The first-order chi connectivity index (χ1) is 14.0. The van der Waals surface area contributed by atoms with Gasteiger partial charge in [-0.15, -0.1) is 0 Å². The average Bonchev–Trinajstić information content (AvgIpc) is 3.12. The molecule has 2 atom stereocenters. The zero-order chi connectivity index (χ0) is 21.7. The minimum Gasteiger partial charge on any atom is -0.313 e. The Bertz CT molecular complexity index is 1110. The number of nitrogens with zero attached hydrogens (tertiary/aromatic N) is 2. The molecular formula is C19H15Cl2F3N2O2S2. The summed E-state index contributed by atoms with van der Waals surface area (Å²) in [5, 5.41) is 1.16. The van der Waals surface area contributed by atoms with Crippen molar-refractivity contribution in [3.8, 4) is 0 Å². The van der Waals surface area contributed by atoms with Gasteiger partial charge in [-0.25, -0.2) is 8.42 Å². The molecule has 0 aromatic heterocycles. The molecule has 30 heavy (non-hydrogen) atoms. The van der Waals surface area contributed by atoms with E-state index in [1.807, 2.05) is 12.1 Å². The monoisotopic (exact) mass is 494 g/mol. The highest BCUT2D eigenvalue weighted by molar-refractivity contribution is 8.13. The quantitative estimate of drug-likeness (QED) is 0.581. The molecule has 0 amide bonds. The van der Waals surface area contributed by atoms with Gasteiger partial charge in [0.05, 0.1) is 39.9 Å². The molecule has 160 valence electrons. The van der Waals surface area contributed by atoms with Crippen LogP contribution in [0.5, 0.6) is 0 Å². The third-order valence-corrected chi connectivity index (χ3v) is 8.23. The maximum absolute atomic E-state index is 13.3. The Labute approximate surface area is 186 Å². The molecule has 0 radical (unpaired) electrons. The molecule has 11 heteroatoms. The first-order valence-corrected chi connectivity index (χ1v) is 12.4. The summed E-state index contributed by atoms with van der Waals surface area (Å²) < 4.78 is 64.1. The lowest BCUT2D eigenvalue weighted by molar-refractivity contribution is -0.137. The number of hydrogen-bond acceptors (Lipinski definition) is 5. The second kappa shape index (κ2) is 7.93. The smallest absolute Gasteiger partial charge is 0.313 e. The third-order valence-electron chi connectivity index (χ3n) is 4.92. The molecule has 4 rings (SSSR count). The number of rotatable bonds is 3. The van der Waals surface area contributed by atoms with Crippen LogP contribution in [0, 0.1) is 0 Å². The number of amidine groups is 1. The van der Waals surface area contributed by atoms with Gasteiger partial charge in [0.1, 0.15) is 0 Å². The molecule has 2 aromatic rings. The van der Waals surface area contributed by atoms with Crippen LogP contribution < -0.4 is 4.90 Å². The maximum atomic E-state index is 13.3. The second-order valence-corrected chi connectivity index (χ2v) is 11.0. The third kappa shape index (κ3) is 4.44. The Morgan fingerprint density at radius 3 is 2.47 bits per heavy atom. The van der Waals surface area contributed by atoms with E-state index < -0.39 is 33.7 Å². The van der Waals surface area contributed by atoms with Crippen LogP contribution in [-0.2, 0) is 21.8 Å². The number of anilines is 1. The van der Waals surface area contributed by atoms with Gasteiger partial charge in [0.15, 0.2) is 15.0 Å². The second-order valence-electron chi connectivity index (χ2n) is 7.07. The van der Waals surface area contributed by atoms with Gasteiger partial charge in [-0.2, -0.15) is 13.2 Å². The molecule has 2 aromatic carbocycles. The fourth-order valence-corrected chi connectivity index (χ4v) is 6.77. The lowest BCUT2D eigenvalue weighted by atomic mass is 10.1. The summed E-state index contributed by atoms with van der Waals surface area (Å²) in [6.45, 7) is 0. The molecule has 0 unspecified atom stereocenters. The van der Waals surface area contributed by atoms with Gasteiger partial charge < -0.3 is 4.90 Å². The van der Waals surface area contributed by atoms with Gasteiger partial charge in [-0.3, -0.25) is 4.99 Å². The average molecular weight is 495 g/mol. The maximum Gasteiger partial charge on any atom is 0.416 e. The molecule has 2 aliphatic rings. The number of aliphatic imine (C=N–C) groups is 1. The van der Waals surface area contributed by atoms with E-state index >= 15 is 0 Å². The SMILES string of the molecule is O=S1(=O)C[C@@H]2N=C(SCc3ccc(Cl)cc3)N(c3cc(C(F)(F)F)ccc3Cl)[C@@H]2C1. The number of benzene rings is 2. The van der Waals surface area contributed by atoms with E-state index in [2.05, 4.69) is 4.99 Å². The number of alkyl halides is 3. The van der Waals surface area contributed by atoms with Crippen molar-refractivity contribution in [1.82, 2.24) is 0 Å². The van der Waals surface area contributed by atoms with E-state index in [0.29, 0.717) is 15.9 Å². The highest BCUT2D eigenvalue weighted by Crippen LogP contribution is 2.41. The molecule has 1 saturated heterocycles. The lowest BCUT2D eigenvalue weighted by Crippen LogP contribution is -2.39. The molecule has 0 spiro atoms. The van der Waals surface area contributed by atoms with Crippen molar-refractivity contribution in [2.75, 3.05) is 16.4 Å². The summed E-state index contributed by atoms with van der Waals surface area (Å²) >= 11 is 13.5. The molecule has 0 aliphatic carbocycles. The number of hydrogen-bond donors (Lipinski definition) is 0. The molecule has 1 fully saturated rings. The fraction of sp³-hybridized carbons (Fsp3) is 0.316. The number of sulfone groups is 1. The number of thioether (sulfide) groups is 1. The largest absolute Gasteiger partial charge is 0.416 e.